The summed E-state index contributed by atoms with van der Waals surface area (Å²) in [6.07, 6.45) is 4.52. The lowest BCUT2D eigenvalue weighted by Crippen LogP contribution is -2.58. The van der Waals surface area contributed by atoms with Crippen LogP contribution in [0.25, 0.3) is 0 Å². The van der Waals surface area contributed by atoms with Crippen molar-refractivity contribution < 1.29 is 4.79 Å². The summed E-state index contributed by atoms with van der Waals surface area (Å²) in [5, 5.41) is 3.47. The molecule has 0 aromatic heterocycles. The smallest absolute Gasteiger partial charge is 0.238 e. The molecular weight excluding hydrogens is 224 g/mol. The van der Waals surface area contributed by atoms with Crippen molar-refractivity contribution in [1.82, 2.24) is 5.32 Å². The number of rotatable bonds is 4. The summed E-state index contributed by atoms with van der Waals surface area (Å²) in [5.74, 6) is 0.986. The molecule has 3 rings (SSSR count). The fraction of sp³-hybridized carbons (Fsp3) is 0.533. The molecule has 2 aliphatic rings. The lowest BCUT2D eigenvalue weighted by atomic mass is 9.80. The molecule has 0 radical (unpaired) electrons. The topological polar surface area (TPSA) is 55.1 Å². The summed E-state index contributed by atoms with van der Waals surface area (Å²) in [6.45, 7) is 0.729. The Hall–Kier alpha value is -1.35. The van der Waals surface area contributed by atoms with Crippen molar-refractivity contribution in [3.8, 4) is 0 Å². The van der Waals surface area contributed by atoms with E-state index in [0.717, 1.165) is 19.4 Å². The van der Waals surface area contributed by atoms with Gasteiger partial charge in [0.15, 0.2) is 0 Å². The van der Waals surface area contributed by atoms with Gasteiger partial charge in [0.25, 0.3) is 0 Å². The number of hydrogen-bond donors (Lipinski definition) is 2. The van der Waals surface area contributed by atoms with Crippen LogP contribution in [0, 0.1) is 11.8 Å². The van der Waals surface area contributed by atoms with Gasteiger partial charge in [-0.1, -0.05) is 36.8 Å². The Labute approximate surface area is 108 Å². The Morgan fingerprint density at radius 3 is 2.67 bits per heavy atom. The zero-order chi connectivity index (χ0) is 12.6. The third-order valence-corrected chi connectivity index (χ3v) is 4.74. The lowest BCUT2D eigenvalue weighted by Gasteiger charge is -2.35. The summed E-state index contributed by atoms with van der Waals surface area (Å²) >= 11 is 0. The molecule has 1 aromatic carbocycles. The summed E-state index contributed by atoms with van der Waals surface area (Å²) < 4.78 is 0. The minimum atomic E-state index is -0.446. The average molecular weight is 244 g/mol. The third kappa shape index (κ3) is 1.83. The Morgan fingerprint density at radius 1 is 1.33 bits per heavy atom. The summed E-state index contributed by atoms with van der Waals surface area (Å²) in [5.41, 5.74) is 6.45. The number of nitrogens with one attached hydrogen (secondary N) is 1. The summed E-state index contributed by atoms with van der Waals surface area (Å²) in [6, 6.07) is 10.2. The van der Waals surface area contributed by atoms with E-state index < -0.39 is 5.54 Å². The molecule has 2 bridgehead atoms. The minimum absolute atomic E-state index is 0.161. The molecule has 1 amide bonds. The molecule has 3 atom stereocenters. The van der Waals surface area contributed by atoms with Gasteiger partial charge < -0.3 is 5.73 Å². The SMILES string of the molecule is NC(=O)C1(NCc2ccccc2)CC2CCC1C2. The van der Waals surface area contributed by atoms with Gasteiger partial charge in [-0.25, -0.2) is 0 Å². The monoisotopic (exact) mass is 244 g/mol. The minimum Gasteiger partial charge on any atom is -0.368 e. The first-order chi connectivity index (χ1) is 8.71. The van der Waals surface area contributed by atoms with Gasteiger partial charge in [0.05, 0.1) is 0 Å². The molecule has 1 aromatic rings. The largest absolute Gasteiger partial charge is 0.368 e. The third-order valence-electron chi connectivity index (χ3n) is 4.74. The van der Waals surface area contributed by atoms with Crippen molar-refractivity contribution in [2.75, 3.05) is 0 Å². The highest BCUT2D eigenvalue weighted by Gasteiger charge is 2.54. The maximum Gasteiger partial charge on any atom is 0.238 e. The van der Waals surface area contributed by atoms with Crippen LogP contribution in [0.15, 0.2) is 30.3 Å². The van der Waals surface area contributed by atoms with E-state index in [1.807, 2.05) is 18.2 Å². The fourth-order valence-corrected chi connectivity index (χ4v) is 3.79. The molecular formula is C15H20N2O. The van der Waals surface area contributed by atoms with E-state index in [0.29, 0.717) is 11.8 Å². The number of carbonyl (C=O) groups excluding carboxylic acids is 1. The molecule has 3 nitrogen and oxygen atoms in total. The number of carbonyl (C=O) groups is 1. The molecule has 0 heterocycles. The van der Waals surface area contributed by atoms with Crippen LogP contribution >= 0.6 is 0 Å². The van der Waals surface area contributed by atoms with Crippen molar-refractivity contribution in [2.45, 2.75) is 37.8 Å². The lowest BCUT2D eigenvalue weighted by molar-refractivity contribution is -0.126. The van der Waals surface area contributed by atoms with Gasteiger partial charge in [0.1, 0.15) is 5.54 Å². The zero-order valence-electron chi connectivity index (χ0n) is 10.6. The van der Waals surface area contributed by atoms with Gasteiger partial charge in [0.2, 0.25) is 5.91 Å². The zero-order valence-corrected chi connectivity index (χ0v) is 10.6. The molecule has 2 fully saturated rings. The number of hydrogen-bond acceptors (Lipinski definition) is 2. The van der Waals surface area contributed by atoms with Crippen LogP contribution in [0.2, 0.25) is 0 Å². The molecule has 18 heavy (non-hydrogen) atoms. The predicted molar refractivity (Wildman–Crippen MR) is 70.7 cm³/mol. The molecule has 2 aliphatic carbocycles. The van der Waals surface area contributed by atoms with E-state index >= 15 is 0 Å². The van der Waals surface area contributed by atoms with Gasteiger partial charge in [0, 0.05) is 6.54 Å². The second-order valence-electron chi connectivity index (χ2n) is 5.75. The molecule has 3 unspecified atom stereocenters. The molecule has 0 saturated heterocycles. The van der Waals surface area contributed by atoms with Crippen molar-refractivity contribution in [1.29, 1.82) is 0 Å². The quantitative estimate of drug-likeness (QED) is 0.849. The first kappa shape index (κ1) is 11.7. The van der Waals surface area contributed by atoms with Crippen molar-refractivity contribution in [3.63, 3.8) is 0 Å². The highest BCUT2D eigenvalue weighted by atomic mass is 16.1. The van der Waals surface area contributed by atoms with Gasteiger partial charge in [-0.3, -0.25) is 10.1 Å². The number of benzene rings is 1. The second-order valence-corrected chi connectivity index (χ2v) is 5.75. The van der Waals surface area contributed by atoms with E-state index in [-0.39, 0.29) is 5.91 Å². The van der Waals surface area contributed by atoms with E-state index in [1.165, 1.54) is 18.4 Å². The normalized spacial score (nSPS) is 33.8. The number of fused-ring (bicyclic) bond motifs is 2. The van der Waals surface area contributed by atoms with Gasteiger partial charge >= 0.3 is 0 Å². The van der Waals surface area contributed by atoms with Crippen molar-refractivity contribution in [3.05, 3.63) is 35.9 Å². The van der Waals surface area contributed by atoms with E-state index in [9.17, 15) is 4.79 Å². The van der Waals surface area contributed by atoms with Crippen LogP contribution in [0.4, 0.5) is 0 Å². The van der Waals surface area contributed by atoms with Crippen LogP contribution < -0.4 is 11.1 Å². The van der Waals surface area contributed by atoms with Crippen LogP contribution in [-0.4, -0.2) is 11.4 Å². The Morgan fingerprint density at radius 2 is 2.11 bits per heavy atom. The number of amides is 1. The van der Waals surface area contributed by atoms with Crippen molar-refractivity contribution in [2.24, 2.45) is 17.6 Å². The van der Waals surface area contributed by atoms with Crippen LogP contribution in [0.5, 0.6) is 0 Å². The van der Waals surface area contributed by atoms with E-state index in [4.69, 9.17) is 5.73 Å². The van der Waals surface area contributed by atoms with Gasteiger partial charge in [-0.2, -0.15) is 0 Å². The predicted octanol–water partition coefficient (Wildman–Crippen LogP) is 1.82. The van der Waals surface area contributed by atoms with Gasteiger partial charge in [-0.05, 0) is 36.7 Å². The highest BCUT2D eigenvalue weighted by Crippen LogP contribution is 2.50. The highest BCUT2D eigenvalue weighted by molar-refractivity contribution is 5.85. The standard InChI is InChI=1S/C15H20N2O/c16-14(18)15(9-12-6-7-13(15)8-12)17-10-11-4-2-1-3-5-11/h1-5,12-13,17H,6-10H2,(H2,16,18). The Bertz CT molecular complexity index is 445. The summed E-state index contributed by atoms with van der Waals surface area (Å²) in [7, 11) is 0. The van der Waals surface area contributed by atoms with E-state index in [2.05, 4.69) is 17.4 Å². The van der Waals surface area contributed by atoms with Crippen LogP contribution in [0.1, 0.15) is 31.2 Å². The maximum absolute atomic E-state index is 11.9. The van der Waals surface area contributed by atoms with Crippen LogP contribution in [0.3, 0.4) is 0 Å². The molecule has 2 saturated carbocycles. The Balaban J connectivity index is 1.74. The Kier molecular flexibility index (Phi) is 2.86. The van der Waals surface area contributed by atoms with Crippen molar-refractivity contribution >= 4 is 5.91 Å². The maximum atomic E-state index is 11.9. The first-order valence-corrected chi connectivity index (χ1v) is 6.79. The molecule has 3 N–H and O–H groups in total. The van der Waals surface area contributed by atoms with Gasteiger partial charge in [-0.15, -0.1) is 0 Å². The molecule has 96 valence electrons. The first-order valence-electron chi connectivity index (χ1n) is 6.79. The number of nitrogens with two attached hydrogens (primary N) is 1. The average Bonchev–Trinajstić information content (AvgIpc) is 2.98. The fourth-order valence-electron chi connectivity index (χ4n) is 3.79. The molecule has 3 heteroatoms. The summed E-state index contributed by atoms with van der Waals surface area (Å²) in [4.78, 5) is 11.9. The number of primary amides is 1. The second kappa shape index (κ2) is 4.39. The van der Waals surface area contributed by atoms with Crippen LogP contribution in [-0.2, 0) is 11.3 Å². The molecule has 0 aliphatic heterocycles. The molecule has 0 spiro atoms. The van der Waals surface area contributed by atoms with E-state index in [1.54, 1.807) is 0 Å².